The molecule has 2 amide bonds. The number of carbonyl (C=O) groups is 2. The molecule has 0 bridgehead atoms. The second-order valence-electron chi connectivity index (χ2n) is 12.3. The number of ether oxygens (including phenoxy) is 2. The number of nitrogens with zero attached hydrogens (tertiary/aromatic N) is 2. The Labute approximate surface area is 226 Å². The fourth-order valence-electron chi connectivity index (χ4n) is 5.59. The number of H-pyrrole nitrogens is 1. The maximum absolute atomic E-state index is 13.7. The lowest BCUT2D eigenvalue weighted by Gasteiger charge is -2.47. The molecule has 8 nitrogen and oxygen atoms in total. The minimum absolute atomic E-state index is 0.0965. The summed E-state index contributed by atoms with van der Waals surface area (Å²) in [5.41, 5.74) is 1.09. The molecule has 2 atom stereocenters. The molecule has 1 aliphatic carbocycles. The highest BCUT2D eigenvalue weighted by atomic mass is 16.6. The number of nitrogens with one attached hydrogen (secondary N) is 1. The Balaban J connectivity index is 1.57. The summed E-state index contributed by atoms with van der Waals surface area (Å²) in [6.07, 6.45) is 2.28. The molecule has 1 aromatic heterocycles. The van der Waals surface area contributed by atoms with E-state index >= 15 is 0 Å². The quantitative estimate of drug-likeness (QED) is 0.493. The number of hydrogen-bond donors (Lipinski definition) is 2. The van der Waals surface area contributed by atoms with Gasteiger partial charge in [0.2, 0.25) is 0 Å². The molecule has 1 fully saturated rings. The van der Waals surface area contributed by atoms with Crippen LogP contribution in [0.3, 0.4) is 0 Å². The molecule has 0 saturated heterocycles. The number of aromatic nitrogens is 1. The summed E-state index contributed by atoms with van der Waals surface area (Å²) in [5, 5.41) is 12.0. The number of hydrogen-bond acceptors (Lipinski definition) is 5. The SMILES string of the molecule is CCN(C(=O)c1cc2c([nH]1)CC(C)(C)OC2)[C@H]1CCC[C@@](O)(N(Cc2ccccc2)C(=O)OC(C)(C)C)C1. The largest absolute Gasteiger partial charge is 0.444 e. The number of aromatic amines is 1. The van der Waals surface area contributed by atoms with Crippen molar-refractivity contribution in [2.24, 2.45) is 0 Å². The zero-order valence-electron chi connectivity index (χ0n) is 23.7. The van der Waals surface area contributed by atoms with Gasteiger partial charge in [-0.15, -0.1) is 0 Å². The fourth-order valence-corrected chi connectivity index (χ4v) is 5.59. The Bertz CT molecular complexity index is 1140. The molecule has 38 heavy (non-hydrogen) atoms. The maximum Gasteiger partial charge on any atom is 0.412 e. The third kappa shape index (κ3) is 6.41. The van der Waals surface area contributed by atoms with Gasteiger partial charge in [-0.25, -0.2) is 4.79 Å². The second-order valence-corrected chi connectivity index (χ2v) is 12.3. The predicted molar refractivity (Wildman–Crippen MR) is 145 cm³/mol. The van der Waals surface area contributed by atoms with Crippen molar-refractivity contribution >= 4 is 12.0 Å². The van der Waals surface area contributed by atoms with Gasteiger partial charge in [-0.3, -0.25) is 9.69 Å². The first-order chi connectivity index (χ1) is 17.8. The number of carbonyl (C=O) groups excluding carboxylic acids is 2. The van der Waals surface area contributed by atoms with Crippen LogP contribution in [0.25, 0.3) is 0 Å². The van der Waals surface area contributed by atoms with Crippen LogP contribution < -0.4 is 0 Å². The number of amides is 2. The minimum atomic E-state index is -1.44. The Morgan fingerprint density at radius 1 is 1.21 bits per heavy atom. The zero-order valence-corrected chi connectivity index (χ0v) is 23.7. The first-order valence-corrected chi connectivity index (χ1v) is 13.7. The zero-order chi connectivity index (χ0) is 27.7. The van der Waals surface area contributed by atoms with Crippen molar-refractivity contribution in [1.82, 2.24) is 14.8 Å². The smallest absolute Gasteiger partial charge is 0.412 e. The fraction of sp³-hybridized carbons (Fsp3) is 0.600. The van der Waals surface area contributed by atoms with Crippen LogP contribution in [0.1, 0.15) is 94.5 Å². The van der Waals surface area contributed by atoms with Crippen LogP contribution in [-0.4, -0.2) is 61.4 Å². The van der Waals surface area contributed by atoms with Crippen molar-refractivity contribution in [2.75, 3.05) is 6.54 Å². The van der Waals surface area contributed by atoms with Crippen molar-refractivity contribution in [2.45, 2.75) is 110 Å². The predicted octanol–water partition coefficient (Wildman–Crippen LogP) is 5.40. The maximum atomic E-state index is 13.7. The van der Waals surface area contributed by atoms with Gasteiger partial charge in [0.05, 0.1) is 18.8 Å². The van der Waals surface area contributed by atoms with Crippen molar-refractivity contribution in [1.29, 1.82) is 0 Å². The van der Waals surface area contributed by atoms with Gasteiger partial charge in [0.1, 0.15) is 17.0 Å². The van der Waals surface area contributed by atoms with Crippen molar-refractivity contribution in [3.8, 4) is 0 Å². The van der Waals surface area contributed by atoms with Crippen LogP contribution in [0.2, 0.25) is 0 Å². The topological polar surface area (TPSA) is 95.1 Å². The van der Waals surface area contributed by atoms with E-state index in [0.29, 0.717) is 31.7 Å². The third-order valence-electron chi connectivity index (χ3n) is 7.46. The molecular weight excluding hydrogens is 482 g/mol. The summed E-state index contributed by atoms with van der Waals surface area (Å²) in [5.74, 6) is -0.0965. The first-order valence-electron chi connectivity index (χ1n) is 13.7. The van der Waals surface area contributed by atoms with E-state index in [0.717, 1.165) is 29.7 Å². The van der Waals surface area contributed by atoms with E-state index in [2.05, 4.69) is 4.98 Å². The Hall–Kier alpha value is -2.84. The molecule has 208 valence electrons. The molecule has 0 spiro atoms. The van der Waals surface area contributed by atoms with E-state index in [1.54, 1.807) is 0 Å². The van der Waals surface area contributed by atoms with Gasteiger partial charge in [0.25, 0.3) is 5.91 Å². The summed E-state index contributed by atoms with van der Waals surface area (Å²) in [6, 6.07) is 11.3. The number of fused-ring (bicyclic) bond motifs is 1. The average Bonchev–Trinajstić information content (AvgIpc) is 3.24. The molecule has 0 radical (unpaired) electrons. The van der Waals surface area contributed by atoms with Gasteiger partial charge in [-0.05, 0) is 78.0 Å². The lowest BCUT2D eigenvalue weighted by Crippen LogP contribution is -2.58. The van der Waals surface area contributed by atoms with Crippen LogP contribution in [0.5, 0.6) is 0 Å². The normalized spacial score (nSPS) is 22.9. The van der Waals surface area contributed by atoms with Crippen LogP contribution >= 0.6 is 0 Å². The Morgan fingerprint density at radius 3 is 2.58 bits per heavy atom. The Morgan fingerprint density at radius 2 is 1.92 bits per heavy atom. The summed E-state index contributed by atoms with van der Waals surface area (Å²) >= 11 is 0. The highest BCUT2D eigenvalue weighted by molar-refractivity contribution is 5.93. The molecule has 2 aliphatic rings. The monoisotopic (exact) mass is 525 g/mol. The molecule has 1 aliphatic heterocycles. The van der Waals surface area contributed by atoms with Gasteiger partial charge in [0.15, 0.2) is 0 Å². The molecule has 2 aromatic rings. The van der Waals surface area contributed by atoms with Crippen LogP contribution in [0.15, 0.2) is 36.4 Å². The van der Waals surface area contributed by atoms with Crippen molar-refractivity contribution in [3.63, 3.8) is 0 Å². The van der Waals surface area contributed by atoms with E-state index in [-0.39, 0.29) is 30.5 Å². The van der Waals surface area contributed by atoms with E-state index in [9.17, 15) is 14.7 Å². The number of rotatable bonds is 6. The Kier molecular flexibility index (Phi) is 7.96. The minimum Gasteiger partial charge on any atom is -0.444 e. The van der Waals surface area contributed by atoms with E-state index in [1.807, 2.05) is 82.8 Å². The molecule has 8 heteroatoms. The highest BCUT2D eigenvalue weighted by Crippen LogP contribution is 2.37. The van der Waals surface area contributed by atoms with Gasteiger partial charge in [0, 0.05) is 31.1 Å². The van der Waals surface area contributed by atoms with Crippen LogP contribution in [0, 0.1) is 0 Å². The lowest BCUT2D eigenvalue weighted by atomic mass is 9.85. The first kappa shape index (κ1) is 28.2. The highest BCUT2D eigenvalue weighted by Gasteiger charge is 2.45. The molecule has 1 saturated carbocycles. The van der Waals surface area contributed by atoms with E-state index in [1.165, 1.54) is 4.90 Å². The molecule has 4 rings (SSSR count). The van der Waals surface area contributed by atoms with E-state index < -0.39 is 17.4 Å². The van der Waals surface area contributed by atoms with Gasteiger partial charge in [-0.1, -0.05) is 30.3 Å². The molecule has 2 heterocycles. The van der Waals surface area contributed by atoms with Gasteiger partial charge in [-0.2, -0.15) is 0 Å². The van der Waals surface area contributed by atoms with Gasteiger partial charge >= 0.3 is 6.09 Å². The third-order valence-corrected chi connectivity index (χ3v) is 7.46. The summed E-state index contributed by atoms with van der Waals surface area (Å²) in [6.45, 7) is 12.7. The van der Waals surface area contributed by atoms with Crippen LogP contribution in [0.4, 0.5) is 4.79 Å². The number of benzene rings is 1. The molecule has 0 unspecified atom stereocenters. The summed E-state index contributed by atoms with van der Waals surface area (Å²) in [7, 11) is 0. The van der Waals surface area contributed by atoms with E-state index in [4.69, 9.17) is 9.47 Å². The molecule has 1 aromatic carbocycles. The van der Waals surface area contributed by atoms with Crippen molar-refractivity contribution < 1.29 is 24.2 Å². The van der Waals surface area contributed by atoms with Gasteiger partial charge < -0.3 is 24.5 Å². The van der Waals surface area contributed by atoms with Crippen LogP contribution in [-0.2, 0) is 29.0 Å². The molecule has 2 N–H and O–H groups in total. The standard InChI is InChI=1S/C30H43N3O5/c1-7-32(26(34)24-16-22-20-37-29(5,6)18-25(22)31-24)23-14-11-15-30(36,17-23)33(27(35)38-28(2,3)4)19-21-12-9-8-10-13-21/h8-10,12-13,16,23,31,36H,7,11,14-15,17-20H2,1-6H3/t23-,30-/m0/s1. The lowest BCUT2D eigenvalue weighted by molar-refractivity contribution is -0.141. The van der Waals surface area contributed by atoms with Crippen molar-refractivity contribution in [3.05, 3.63) is 58.9 Å². The summed E-state index contributed by atoms with van der Waals surface area (Å²) < 4.78 is 11.6. The number of aliphatic hydroxyl groups is 1. The average molecular weight is 526 g/mol. The second kappa shape index (κ2) is 10.7. The molecular formula is C30H43N3O5. The summed E-state index contributed by atoms with van der Waals surface area (Å²) in [4.78, 5) is 33.7.